The molecule has 3 heteroatoms. The van der Waals surface area contributed by atoms with E-state index in [9.17, 15) is 4.39 Å². The summed E-state index contributed by atoms with van der Waals surface area (Å²) in [6.45, 7) is -0.509. The maximum atomic E-state index is 12.3. The van der Waals surface area contributed by atoms with E-state index >= 15 is 0 Å². The van der Waals surface area contributed by atoms with Crippen LogP contribution in [-0.2, 0) is 13.7 Å². The molecule has 2 aromatic rings. The highest BCUT2D eigenvalue weighted by Gasteiger charge is 2.04. The summed E-state index contributed by atoms with van der Waals surface area (Å²) in [4.78, 5) is 4.12. The molecule has 0 aliphatic heterocycles. The third-order valence-electron chi connectivity index (χ3n) is 2.00. The molecule has 2 rings (SSSR count). The van der Waals surface area contributed by atoms with Crippen molar-refractivity contribution in [2.24, 2.45) is 7.05 Å². The maximum Gasteiger partial charge on any atom is 0.147 e. The highest BCUT2D eigenvalue weighted by atomic mass is 19.1. The molecule has 0 radical (unpaired) electrons. The molecule has 0 N–H and O–H groups in total. The van der Waals surface area contributed by atoms with E-state index in [-0.39, 0.29) is 0 Å². The topological polar surface area (TPSA) is 17.8 Å². The Bertz CT molecular complexity index is 406. The van der Waals surface area contributed by atoms with E-state index in [4.69, 9.17) is 0 Å². The Labute approximate surface area is 69.6 Å². The van der Waals surface area contributed by atoms with Crippen LogP contribution in [0.2, 0.25) is 0 Å². The van der Waals surface area contributed by atoms with Crippen molar-refractivity contribution in [2.75, 3.05) is 0 Å². The second-order valence-corrected chi connectivity index (χ2v) is 2.71. The minimum Gasteiger partial charge on any atom is -0.329 e. The summed E-state index contributed by atoms with van der Waals surface area (Å²) in [5.74, 6) is 0.483. The van der Waals surface area contributed by atoms with Gasteiger partial charge in [0.15, 0.2) is 0 Å². The Morgan fingerprint density at radius 2 is 2.17 bits per heavy atom. The van der Waals surface area contributed by atoms with Crippen LogP contribution in [0.15, 0.2) is 24.3 Å². The van der Waals surface area contributed by atoms with Gasteiger partial charge in [0.25, 0.3) is 0 Å². The fraction of sp³-hybridized carbons (Fsp3) is 0.222. The highest BCUT2D eigenvalue weighted by molar-refractivity contribution is 5.75. The van der Waals surface area contributed by atoms with Gasteiger partial charge in [0.05, 0.1) is 11.0 Å². The summed E-state index contributed by atoms with van der Waals surface area (Å²) >= 11 is 0. The van der Waals surface area contributed by atoms with Crippen molar-refractivity contribution >= 4 is 11.0 Å². The van der Waals surface area contributed by atoms with E-state index < -0.39 is 6.67 Å². The number of fused-ring (bicyclic) bond motifs is 1. The molecule has 0 spiro atoms. The molecular formula is C9H9FN2. The van der Waals surface area contributed by atoms with E-state index in [0.717, 1.165) is 11.0 Å². The highest BCUT2D eigenvalue weighted by Crippen LogP contribution is 2.14. The monoisotopic (exact) mass is 164 g/mol. The zero-order valence-electron chi connectivity index (χ0n) is 6.79. The number of alkyl halides is 1. The van der Waals surface area contributed by atoms with E-state index in [1.165, 1.54) is 0 Å². The SMILES string of the molecule is Cn1c(CF)nc2ccccc21. The molecule has 0 aliphatic rings. The number of rotatable bonds is 1. The maximum absolute atomic E-state index is 12.3. The first-order valence-electron chi connectivity index (χ1n) is 3.79. The quantitative estimate of drug-likeness (QED) is 0.630. The largest absolute Gasteiger partial charge is 0.329 e. The number of aromatic nitrogens is 2. The first kappa shape index (κ1) is 7.28. The minimum absolute atomic E-state index is 0.483. The first-order valence-corrected chi connectivity index (χ1v) is 3.79. The van der Waals surface area contributed by atoms with Crippen LogP contribution in [0.3, 0.4) is 0 Å². The molecule has 0 unspecified atom stereocenters. The first-order chi connectivity index (χ1) is 5.83. The van der Waals surface area contributed by atoms with Gasteiger partial charge in [-0.2, -0.15) is 0 Å². The Morgan fingerprint density at radius 3 is 2.83 bits per heavy atom. The molecule has 0 amide bonds. The summed E-state index contributed by atoms with van der Waals surface area (Å²) < 4.78 is 14.1. The summed E-state index contributed by atoms with van der Waals surface area (Å²) in [7, 11) is 1.82. The van der Waals surface area contributed by atoms with Gasteiger partial charge >= 0.3 is 0 Å². The smallest absolute Gasteiger partial charge is 0.147 e. The molecule has 1 aromatic heterocycles. The summed E-state index contributed by atoms with van der Waals surface area (Å²) in [5.41, 5.74) is 1.83. The number of hydrogen-bond donors (Lipinski definition) is 0. The summed E-state index contributed by atoms with van der Waals surface area (Å²) in [5, 5.41) is 0. The van der Waals surface area contributed by atoms with Gasteiger partial charge in [-0.1, -0.05) is 12.1 Å². The van der Waals surface area contributed by atoms with Gasteiger partial charge in [-0.3, -0.25) is 0 Å². The summed E-state index contributed by atoms with van der Waals surface area (Å²) in [6.07, 6.45) is 0. The van der Waals surface area contributed by atoms with E-state index in [1.54, 1.807) is 4.57 Å². The fourth-order valence-electron chi connectivity index (χ4n) is 1.31. The van der Waals surface area contributed by atoms with Crippen molar-refractivity contribution in [3.05, 3.63) is 30.1 Å². The molecule has 0 saturated heterocycles. The third kappa shape index (κ3) is 0.897. The minimum atomic E-state index is -0.509. The molecule has 0 aliphatic carbocycles. The van der Waals surface area contributed by atoms with E-state index in [2.05, 4.69) is 4.98 Å². The van der Waals surface area contributed by atoms with Crippen LogP contribution >= 0.6 is 0 Å². The van der Waals surface area contributed by atoms with Crippen LogP contribution in [0.1, 0.15) is 5.82 Å². The molecule has 2 nitrogen and oxygen atoms in total. The molecule has 62 valence electrons. The second-order valence-electron chi connectivity index (χ2n) is 2.71. The molecular weight excluding hydrogens is 155 g/mol. The van der Waals surface area contributed by atoms with Gasteiger partial charge in [0.2, 0.25) is 0 Å². The van der Waals surface area contributed by atoms with Gasteiger partial charge in [-0.05, 0) is 12.1 Å². The molecule has 0 saturated carbocycles. The summed E-state index contributed by atoms with van der Waals surface area (Å²) in [6, 6.07) is 7.64. The van der Waals surface area contributed by atoms with Gasteiger partial charge < -0.3 is 4.57 Å². The van der Waals surface area contributed by atoms with Crippen LogP contribution in [0.25, 0.3) is 11.0 Å². The number of halogens is 1. The van der Waals surface area contributed by atoms with Crippen molar-refractivity contribution in [3.8, 4) is 0 Å². The second kappa shape index (κ2) is 2.59. The predicted molar refractivity (Wildman–Crippen MR) is 45.5 cm³/mol. The molecule has 0 atom stereocenters. The van der Waals surface area contributed by atoms with Gasteiger partial charge in [0.1, 0.15) is 12.5 Å². The molecule has 12 heavy (non-hydrogen) atoms. The average molecular weight is 164 g/mol. The molecule has 1 aromatic carbocycles. The van der Waals surface area contributed by atoms with Gasteiger partial charge in [0, 0.05) is 7.05 Å². The van der Waals surface area contributed by atoms with Crippen LogP contribution in [-0.4, -0.2) is 9.55 Å². The fourth-order valence-corrected chi connectivity index (χ4v) is 1.31. The van der Waals surface area contributed by atoms with Crippen molar-refractivity contribution in [1.29, 1.82) is 0 Å². The Kier molecular flexibility index (Phi) is 1.57. The van der Waals surface area contributed by atoms with Crippen molar-refractivity contribution in [2.45, 2.75) is 6.67 Å². The lowest BCUT2D eigenvalue weighted by molar-refractivity contribution is 0.457. The third-order valence-corrected chi connectivity index (χ3v) is 2.00. The van der Waals surface area contributed by atoms with Crippen LogP contribution in [0.4, 0.5) is 4.39 Å². The average Bonchev–Trinajstić information content (AvgIpc) is 2.44. The molecule has 1 heterocycles. The number of imidazole rings is 1. The Hall–Kier alpha value is -1.38. The van der Waals surface area contributed by atoms with Crippen LogP contribution in [0.5, 0.6) is 0 Å². The van der Waals surface area contributed by atoms with E-state index in [1.807, 2.05) is 31.3 Å². The number of aryl methyl sites for hydroxylation is 1. The van der Waals surface area contributed by atoms with E-state index in [0.29, 0.717) is 5.82 Å². The van der Waals surface area contributed by atoms with Crippen LogP contribution < -0.4 is 0 Å². The van der Waals surface area contributed by atoms with Crippen molar-refractivity contribution in [3.63, 3.8) is 0 Å². The molecule has 0 bridgehead atoms. The lowest BCUT2D eigenvalue weighted by Gasteiger charge is -1.95. The number of nitrogens with zero attached hydrogens (tertiary/aromatic N) is 2. The zero-order valence-corrected chi connectivity index (χ0v) is 6.79. The predicted octanol–water partition coefficient (Wildman–Crippen LogP) is 2.04. The molecule has 0 fully saturated rings. The van der Waals surface area contributed by atoms with Crippen LogP contribution in [0, 0.1) is 0 Å². The lowest BCUT2D eigenvalue weighted by atomic mass is 10.3. The van der Waals surface area contributed by atoms with Crippen molar-refractivity contribution < 1.29 is 4.39 Å². The van der Waals surface area contributed by atoms with Crippen molar-refractivity contribution in [1.82, 2.24) is 9.55 Å². The number of para-hydroxylation sites is 2. The lowest BCUT2D eigenvalue weighted by Crippen LogP contribution is -1.93. The number of hydrogen-bond acceptors (Lipinski definition) is 1. The Morgan fingerprint density at radius 1 is 1.42 bits per heavy atom. The van der Waals surface area contributed by atoms with Gasteiger partial charge in [-0.15, -0.1) is 0 Å². The van der Waals surface area contributed by atoms with Gasteiger partial charge in [-0.25, -0.2) is 9.37 Å². The standard InChI is InChI=1S/C9H9FN2/c1-12-8-5-3-2-4-7(8)11-9(12)6-10/h2-5H,6H2,1H3. The Balaban J connectivity index is 2.78. The number of benzene rings is 1. The normalized spacial score (nSPS) is 10.8. The zero-order chi connectivity index (χ0) is 8.55.